The molecule has 98 valence electrons. The van der Waals surface area contributed by atoms with E-state index in [-0.39, 0.29) is 11.6 Å². The van der Waals surface area contributed by atoms with Crippen molar-refractivity contribution in [2.75, 3.05) is 6.54 Å². The van der Waals surface area contributed by atoms with Crippen molar-refractivity contribution < 1.29 is 4.79 Å². The van der Waals surface area contributed by atoms with Crippen LogP contribution in [-0.2, 0) is 0 Å². The Morgan fingerprint density at radius 3 is 2.78 bits per heavy atom. The zero-order chi connectivity index (χ0) is 13.2. The summed E-state index contributed by atoms with van der Waals surface area (Å²) in [5.74, 6) is 3.78. The molecule has 2 aliphatic rings. The highest BCUT2D eigenvalue weighted by atomic mass is 16.2. The van der Waals surface area contributed by atoms with Crippen LogP contribution in [0.2, 0.25) is 0 Å². The molecule has 4 heteroatoms. The first-order valence-corrected chi connectivity index (χ1v) is 6.73. The highest BCUT2D eigenvalue weighted by Crippen LogP contribution is 2.40. The number of terminal acetylenes is 1. The molecular formula is C14H21N3O. The van der Waals surface area contributed by atoms with Crippen LogP contribution >= 0.6 is 0 Å². The van der Waals surface area contributed by atoms with Crippen LogP contribution in [0.3, 0.4) is 0 Å². The van der Waals surface area contributed by atoms with Gasteiger partial charge in [0.15, 0.2) is 0 Å². The van der Waals surface area contributed by atoms with Crippen LogP contribution in [0.4, 0.5) is 4.79 Å². The van der Waals surface area contributed by atoms with Crippen molar-refractivity contribution in [2.24, 2.45) is 16.6 Å². The van der Waals surface area contributed by atoms with Crippen LogP contribution < -0.4 is 5.73 Å². The van der Waals surface area contributed by atoms with Gasteiger partial charge in [-0.25, -0.2) is 4.79 Å². The monoisotopic (exact) mass is 247 g/mol. The molecule has 2 N–H and O–H groups in total. The molecule has 0 atom stereocenters. The first kappa shape index (κ1) is 12.9. The molecule has 1 saturated carbocycles. The van der Waals surface area contributed by atoms with Crippen molar-refractivity contribution >= 4 is 11.9 Å². The number of hydrogen-bond donors (Lipinski definition) is 1. The number of hydrogen-bond acceptors (Lipinski definition) is 2. The van der Waals surface area contributed by atoms with E-state index in [1.54, 1.807) is 4.90 Å². The maximum Gasteiger partial charge on any atom is 0.346 e. The van der Waals surface area contributed by atoms with E-state index in [0.717, 1.165) is 31.6 Å². The van der Waals surface area contributed by atoms with E-state index in [4.69, 9.17) is 12.2 Å². The Morgan fingerprint density at radius 2 is 2.22 bits per heavy atom. The van der Waals surface area contributed by atoms with E-state index in [0.29, 0.717) is 12.4 Å². The quantitative estimate of drug-likeness (QED) is 0.777. The lowest BCUT2D eigenvalue weighted by molar-refractivity contribution is 0.134. The molecule has 2 rings (SSSR count). The van der Waals surface area contributed by atoms with E-state index in [9.17, 15) is 4.79 Å². The molecule has 0 unspecified atom stereocenters. The van der Waals surface area contributed by atoms with Gasteiger partial charge in [-0.2, -0.15) is 4.99 Å². The largest absolute Gasteiger partial charge is 0.385 e. The number of nitrogens with zero attached hydrogens (tertiary/aromatic N) is 2. The second-order valence-corrected chi connectivity index (χ2v) is 5.33. The van der Waals surface area contributed by atoms with Crippen molar-refractivity contribution in [2.45, 2.75) is 51.0 Å². The fraction of sp³-hybridized carbons (Fsp3) is 0.714. The second-order valence-electron chi connectivity index (χ2n) is 5.33. The van der Waals surface area contributed by atoms with Crippen LogP contribution in [0.5, 0.6) is 0 Å². The van der Waals surface area contributed by atoms with Crippen LogP contribution in [-0.4, -0.2) is 28.9 Å². The predicted molar refractivity (Wildman–Crippen MR) is 72.2 cm³/mol. The first-order chi connectivity index (χ1) is 8.64. The van der Waals surface area contributed by atoms with Gasteiger partial charge in [0, 0.05) is 0 Å². The molecule has 4 nitrogen and oxygen atoms in total. The minimum Gasteiger partial charge on any atom is -0.385 e. The maximum atomic E-state index is 11.8. The van der Waals surface area contributed by atoms with Gasteiger partial charge >= 0.3 is 6.03 Å². The zero-order valence-electron chi connectivity index (χ0n) is 11.0. The predicted octanol–water partition coefficient (Wildman–Crippen LogP) is 2.14. The Hall–Kier alpha value is -1.50. The van der Waals surface area contributed by atoms with Gasteiger partial charge in [-0.05, 0) is 31.6 Å². The average molecular weight is 247 g/mol. The van der Waals surface area contributed by atoms with Crippen molar-refractivity contribution in [3.63, 3.8) is 0 Å². The van der Waals surface area contributed by atoms with E-state index >= 15 is 0 Å². The van der Waals surface area contributed by atoms with Crippen molar-refractivity contribution in [1.82, 2.24) is 4.90 Å². The average Bonchev–Trinajstić information content (AvgIpc) is 2.58. The Balaban J connectivity index is 2.13. The molecule has 1 aliphatic carbocycles. The van der Waals surface area contributed by atoms with Gasteiger partial charge < -0.3 is 5.73 Å². The van der Waals surface area contributed by atoms with Crippen LogP contribution in [0.1, 0.15) is 45.4 Å². The van der Waals surface area contributed by atoms with Crippen LogP contribution in [0, 0.1) is 18.3 Å². The molecule has 18 heavy (non-hydrogen) atoms. The summed E-state index contributed by atoms with van der Waals surface area (Å²) in [5.41, 5.74) is 5.61. The summed E-state index contributed by atoms with van der Waals surface area (Å²) in [6, 6.07) is -0.264. The molecule has 0 aromatic heterocycles. The summed E-state index contributed by atoms with van der Waals surface area (Å²) in [6.07, 6.45) is 11.8. The lowest BCUT2D eigenvalue weighted by Crippen LogP contribution is -2.56. The number of amidine groups is 1. The van der Waals surface area contributed by atoms with Gasteiger partial charge in [0.25, 0.3) is 0 Å². The third kappa shape index (κ3) is 1.98. The molecule has 0 aromatic carbocycles. The van der Waals surface area contributed by atoms with E-state index in [2.05, 4.69) is 17.8 Å². The SMILES string of the molecule is C#CCN1C(=O)N=C(N)C12CCC(CCC)CC2. The van der Waals surface area contributed by atoms with E-state index < -0.39 is 0 Å². The third-order valence-electron chi connectivity index (χ3n) is 4.32. The van der Waals surface area contributed by atoms with Crippen molar-refractivity contribution in [1.29, 1.82) is 0 Å². The van der Waals surface area contributed by atoms with Gasteiger partial charge in [-0.3, -0.25) is 4.90 Å². The zero-order valence-corrected chi connectivity index (χ0v) is 11.0. The van der Waals surface area contributed by atoms with Crippen molar-refractivity contribution in [3.8, 4) is 12.3 Å². The lowest BCUT2D eigenvalue weighted by Gasteiger charge is -2.42. The number of carbonyl (C=O) groups excluding carboxylic acids is 1. The molecule has 2 amide bonds. The Kier molecular flexibility index (Phi) is 3.60. The van der Waals surface area contributed by atoms with Crippen molar-refractivity contribution in [3.05, 3.63) is 0 Å². The summed E-state index contributed by atoms with van der Waals surface area (Å²) in [5, 5.41) is 0. The first-order valence-electron chi connectivity index (χ1n) is 6.73. The summed E-state index contributed by atoms with van der Waals surface area (Å²) in [6.45, 7) is 2.52. The molecule has 0 aromatic rings. The lowest BCUT2D eigenvalue weighted by atomic mass is 9.74. The Labute approximate surface area is 109 Å². The fourth-order valence-electron chi connectivity index (χ4n) is 3.28. The normalized spacial score (nSPS) is 31.6. The summed E-state index contributed by atoms with van der Waals surface area (Å²) >= 11 is 0. The summed E-state index contributed by atoms with van der Waals surface area (Å²) in [4.78, 5) is 17.4. The van der Waals surface area contributed by atoms with Gasteiger partial charge in [0.1, 0.15) is 11.4 Å². The molecule has 1 aliphatic heterocycles. The highest BCUT2D eigenvalue weighted by molar-refractivity contribution is 6.06. The number of aliphatic imine (C=N–C) groups is 1. The molecule has 1 heterocycles. The topological polar surface area (TPSA) is 58.7 Å². The fourth-order valence-corrected chi connectivity index (χ4v) is 3.28. The molecular weight excluding hydrogens is 226 g/mol. The van der Waals surface area contributed by atoms with Crippen LogP contribution in [0.15, 0.2) is 4.99 Å². The smallest absolute Gasteiger partial charge is 0.346 e. The maximum absolute atomic E-state index is 11.8. The molecule has 1 spiro atoms. The number of amides is 2. The number of urea groups is 1. The van der Waals surface area contributed by atoms with E-state index in [1.807, 2.05) is 0 Å². The summed E-state index contributed by atoms with van der Waals surface area (Å²) in [7, 11) is 0. The second kappa shape index (κ2) is 5.01. The highest BCUT2D eigenvalue weighted by Gasteiger charge is 2.49. The third-order valence-corrected chi connectivity index (χ3v) is 4.32. The number of nitrogens with two attached hydrogens (primary N) is 1. The minimum absolute atomic E-state index is 0.264. The Bertz CT molecular complexity index is 400. The summed E-state index contributed by atoms with van der Waals surface area (Å²) < 4.78 is 0. The van der Waals surface area contributed by atoms with Gasteiger partial charge in [0.05, 0.1) is 6.54 Å². The molecule has 1 fully saturated rings. The molecule has 0 saturated heterocycles. The van der Waals surface area contributed by atoms with E-state index in [1.165, 1.54) is 12.8 Å². The standard InChI is InChI=1S/C14H21N3O/c1-3-5-11-6-8-14(9-7-11)12(15)16-13(18)17(14)10-4-2/h2,11H,3,5-10H2,1H3,(H2,15,16,18). The minimum atomic E-state index is -0.381. The van der Waals surface area contributed by atoms with Gasteiger partial charge in [0.2, 0.25) is 0 Å². The van der Waals surface area contributed by atoms with Gasteiger partial charge in [-0.15, -0.1) is 6.42 Å². The number of rotatable bonds is 3. The Morgan fingerprint density at radius 1 is 1.56 bits per heavy atom. The molecule has 0 bridgehead atoms. The number of carbonyl (C=O) groups is 1. The van der Waals surface area contributed by atoms with Crippen LogP contribution in [0.25, 0.3) is 0 Å². The molecule has 0 radical (unpaired) electrons. The van der Waals surface area contributed by atoms with Gasteiger partial charge in [-0.1, -0.05) is 25.7 Å².